The number of rotatable bonds is 3. The number of fused-ring (bicyclic) bond motifs is 1. The molecule has 0 radical (unpaired) electrons. The number of benzene rings is 2. The number of nitrogens with zero attached hydrogens (tertiary/aromatic N) is 2. The van der Waals surface area contributed by atoms with Gasteiger partial charge in [0, 0.05) is 37.3 Å². The Kier molecular flexibility index (Phi) is 7.85. The third kappa shape index (κ3) is 5.95. The number of hydrogen-bond acceptors (Lipinski definition) is 3. The largest absolute Gasteiger partial charge is 0.366 e. The van der Waals surface area contributed by atoms with Crippen molar-refractivity contribution in [1.82, 2.24) is 4.90 Å². The van der Waals surface area contributed by atoms with Gasteiger partial charge in [-0.05, 0) is 74.2 Å². The lowest BCUT2D eigenvalue weighted by Crippen LogP contribution is -2.34. The molecule has 0 unspecified atom stereocenters. The van der Waals surface area contributed by atoms with Crippen molar-refractivity contribution >= 4 is 17.5 Å². The van der Waals surface area contributed by atoms with Crippen LogP contribution >= 0.6 is 0 Å². The molecule has 1 aliphatic rings. The van der Waals surface area contributed by atoms with E-state index in [1.54, 1.807) is 19.1 Å². The molecule has 2 amide bonds. The molecule has 1 heterocycles. The molecule has 0 atom stereocenters. The van der Waals surface area contributed by atoms with Crippen LogP contribution in [0.2, 0.25) is 0 Å². The zero-order chi connectivity index (χ0) is 22.4. The second-order valence-electron chi connectivity index (χ2n) is 8.79. The maximum atomic E-state index is 12.5. The van der Waals surface area contributed by atoms with Gasteiger partial charge in [-0.25, -0.2) is 0 Å². The van der Waals surface area contributed by atoms with E-state index in [0.29, 0.717) is 11.6 Å². The number of primary amides is 1. The maximum Gasteiger partial charge on any atom is 0.248 e. The molecule has 2 N–H and O–H groups in total. The third-order valence-corrected chi connectivity index (χ3v) is 6.18. The molecule has 31 heavy (non-hydrogen) atoms. The number of carbonyl (C=O) groups excluding carboxylic acids is 2. The molecular weight excluding hydrogens is 386 g/mol. The van der Waals surface area contributed by atoms with Crippen molar-refractivity contribution in [2.24, 2.45) is 5.73 Å². The molecule has 1 aliphatic heterocycles. The zero-order valence-corrected chi connectivity index (χ0v) is 19.1. The molecule has 0 saturated heterocycles. The molecule has 2 aromatic rings. The summed E-state index contributed by atoms with van der Waals surface area (Å²) >= 11 is 0. The molecule has 5 heteroatoms. The quantitative estimate of drug-likeness (QED) is 0.760. The normalized spacial score (nSPS) is 16.3. The summed E-state index contributed by atoms with van der Waals surface area (Å²) in [5, 5.41) is 0. The van der Waals surface area contributed by atoms with Gasteiger partial charge in [0.15, 0.2) is 0 Å². The zero-order valence-electron chi connectivity index (χ0n) is 19.1. The van der Waals surface area contributed by atoms with E-state index in [4.69, 9.17) is 5.73 Å². The van der Waals surface area contributed by atoms with Crippen LogP contribution in [0.4, 0.5) is 5.69 Å². The highest BCUT2D eigenvalue weighted by Crippen LogP contribution is 2.30. The molecule has 0 bridgehead atoms. The van der Waals surface area contributed by atoms with Gasteiger partial charge in [-0.2, -0.15) is 0 Å². The molecule has 0 aliphatic carbocycles. The Labute approximate surface area is 186 Å². The van der Waals surface area contributed by atoms with Crippen LogP contribution in [0.15, 0.2) is 42.5 Å². The van der Waals surface area contributed by atoms with Crippen molar-refractivity contribution < 1.29 is 9.59 Å². The monoisotopic (exact) mass is 421 g/mol. The van der Waals surface area contributed by atoms with Gasteiger partial charge < -0.3 is 10.6 Å². The van der Waals surface area contributed by atoms with E-state index in [1.807, 2.05) is 17.0 Å². The van der Waals surface area contributed by atoms with E-state index in [1.165, 1.54) is 24.8 Å². The standard InChI is InChI=1S/C26H35N3O2/c1-19(2)28-15-7-5-4-6-8-16-29(20(3)30)25-14-13-23(17-24(25)18-28)21-9-11-22(12-10-21)26(27)31/h9-14,17,19H,4-8,15-16,18H2,1-3H3,(H2,27,31). The Bertz CT molecular complexity index is 905. The molecule has 0 fully saturated rings. The van der Waals surface area contributed by atoms with Crippen molar-refractivity contribution in [3.8, 4) is 11.1 Å². The number of amides is 2. The number of anilines is 1. The van der Waals surface area contributed by atoms with E-state index < -0.39 is 5.91 Å². The first-order valence-corrected chi connectivity index (χ1v) is 11.4. The van der Waals surface area contributed by atoms with Crippen molar-refractivity contribution in [3.63, 3.8) is 0 Å². The topological polar surface area (TPSA) is 66.6 Å². The van der Waals surface area contributed by atoms with Gasteiger partial charge in [-0.15, -0.1) is 0 Å². The molecular formula is C26H35N3O2. The first kappa shape index (κ1) is 23.0. The van der Waals surface area contributed by atoms with Crippen LogP contribution in [0.25, 0.3) is 11.1 Å². The molecule has 0 spiro atoms. The second kappa shape index (κ2) is 10.6. The van der Waals surface area contributed by atoms with Gasteiger partial charge in [0.05, 0.1) is 0 Å². The van der Waals surface area contributed by atoms with Crippen molar-refractivity contribution in [2.45, 2.75) is 65.5 Å². The summed E-state index contributed by atoms with van der Waals surface area (Å²) in [5.41, 5.74) is 10.2. The minimum absolute atomic E-state index is 0.0907. The number of nitrogens with two attached hydrogens (primary N) is 1. The molecule has 2 aromatic carbocycles. The molecule has 0 saturated carbocycles. The van der Waals surface area contributed by atoms with E-state index in [9.17, 15) is 9.59 Å². The maximum absolute atomic E-state index is 12.5. The lowest BCUT2D eigenvalue weighted by Gasteiger charge is -2.31. The van der Waals surface area contributed by atoms with Crippen LogP contribution in [-0.4, -0.2) is 35.8 Å². The van der Waals surface area contributed by atoms with Gasteiger partial charge in [0.25, 0.3) is 0 Å². The van der Waals surface area contributed by atoms with Crippen LogP contribution < -0.4 is 10.6 Å². The highest BCUT2D eigenvalue weighted by atomic mass is 16.2. The summed E-state index contributed by atoms with van der Waals surface area (Å²) in [6.45, 7) is 8.77. The lowest BCUT2D eigenvalue weighted by atomic mass is 9.98. The number of hydrogen-bond donors (Lipinski definition) is 1. The second-order valence-corrected chi connectivity index (χ2v) is 8.79. The van der Waals surface area contributed by atoms with Gasteiger partial charge in [-0.1, -0.05) is 37.5 Å². The average molecular weight is 422 g/mol. The summed E-state index contributed by atoms with van der Waals surface area (Å²) in [6, 6.07) is 14.2. The molecule has 166 valence electrons. The Balaban J connectivity index is 2.03. The van der Waals surface area contributed by atoms with Crippen molar-refractivity contribution in [3.05, 3.63) is 53.6 Å². The first-order chi connectivity index (χ1) is 14.9. The van der Waals surface area contributed by atoms with Crippen molar-refractivity contribution in [1.29, 1.82) is 0 Å². The van der Waals surface area contributed by atoms with Crippen LogP contribution in [-0.2, 0) is 11.3 Å². The predicted molar refractivity (Wildman–Crippen MR) is 127 cm³/mol. The van der Waals surface area contributed by atoms with Gasteiger partial charge in [-0.3, -0.25) is 14.5 Å². The predicted octanol–water partition coefficient (Wildman–Crippen LogP) is 4.98. The Morgan fingerprint density at radius 2 is 1.48 bits per heavy atom. The summed E-state index contributed by atoms with van der Waals surface area (Å²) in [7, 11) is 0. The van der Waals surface area contributed by atoms with Crippen LogP contribution in [0.3, 0.4) is 0 Å². The van der Waals surface area contributed by atoms with Crippen molar-refractivity contribution in [2.75, 3.05) is 18.0 Å². The van der Waals surface area contributed by atoms with Gasteiger partial charge in [0.2, 0.25) is 11.8 Å². The van der Waals surface area contributed by atoms with Crippen LogP contribution in [0.5, 0.6) is 0 Å². The minimum Gasteiger partial charge on any atom is -0.366 e. The lowest BCUT2D eigenvalue weighted by molar-refractivity contribution is -0.116. The van der Waals surface area contributed by atoms with E-state index in [-0.39, 0.29) is 5.91 Å². The Morgan fingerprint density at radius 3 is 2.10 bits per heavy atom. The van der Waals surface area contributed by atoms with E-state index in [0.717, 1.165) is 49.3 Å². The van der Waals surface area contributed by atoms with E-state index in [2.05, 4.69) is 36.9 Å². The number of carbonyl (C=O) groups is 2. The third-order valence-electron chi connectivity index (χ3n) is 6.18. The fraction of sp³-hybridized carbons (Fsp3) is 0.462. The molecule has 3 rings (SSSR count). The summed E-state index contributed by atoms with van der Waals surface area (Å²) < 4.78 is 0. The highest BCUT2D eigenvalue weighted by Gasteiger charge is 2.20. The average Bonchev–Trinajstić information content (AvgIpc) is 2.73. The summed E-state index contributed by atoms with van der Waals surface area (Å²) in [6.07, 6.45) is 5.86. The highest BCUT2D eigenvalue weighted by molar-refractivity contribution is 5.94. The molecule has 5 nitrogen and oxygen atoms in total. The summed E-state index contributed by atoms with van der Waals surface area (Å²) in [5.74, 6) is -0.332. The van der Waals surface area contributed by atoms with Gasteiger partial charge >= 0.3 is 0 Å². The van der Waals surface area contributed by atoms with E-state index >= 15 is 0 Å². The Hall–Kier alpha value is -2.66. The fourth-order valence-corrected chi connectivity index (χ4v) is 4.28. The van der Waals surface area contributed by atoms with Crippen LogP contribution in [0, 0.1) is 0 Å². The molecule has 0 aromatic heterocycles. The smallest absolute Gasteiger partial charge is 0.248 e. The van der Waals surface area contributed by atoms with Crippen LogP contribution in [0.1, 0.15) is 68.8 Å². The summed E-state index contributed by atoms with van der Waals surface area (Å²) in [4.78, 5) is 28.4. The Morgan fingerprint density at radius 1 is 0.871 bits per heavy atom. The SMILES string of the molecule is CC(=O)N1CCCCCCCN(C(C)C)Cc2cc(-c3ccc(C(N)=O)cc3)ccc21. The first-order valence-electron chi connectivity index (χ1n) is 11.4. The fourth-order valence-electron chi connectivity index (χ4n) is 4.28. The minimum atomic E-state index is -0.422. The van der Waals surface area contributed by atoms with Gasteiger partial charge in [0.1, 0.15) is 0 Å².